The minimum atomic E-state index is -0.365. The fourth-order valence-electron chi connectivity index (χ4n) is 0.721. The van der Waals surface area contributed by atoms with Crippen molar-refractivity contribution < 1.29 is 14.6 Å². The summed E-state index contributed by atoms with van der Waals surface area (Å²) in [6, 6.07) is 0. The number of aliphatic hydroxyl groups is 1. The van der Waals surface area contributed by atoms with Crippen LogP contribution in [-0.4, -0.2) is 36.9 Å². The molecular formula is C9H17NO3. The quantitative estimate of drug-likeness (QED) is 0.351. The summed E-state index contributed by atoms with van der Waals surface area (Å²) in [5, 5.41) is 11.8. The highest BCUT2D eigenvalue weighted by molar-refractivity contribution is 5.81. The van der Waals surface area contributed by atoms with E-state index in [1.54, 1.807) is 19.9 Å². The second-order valence-corrected chi connectivity index (χ2v) is 2.66. The van der Waals surface area contributed by atoms with Gasteiger partial charge in [-0.25, -0.2) is 4.79 Å². The second kappa shape index (κ2) is 7.76. The number of carbonyl (C=O) groups is 1. The molecule has 0 rings (SSSR count). The van der Waals surface area contributed by atoms with Gasteiger partial charge in [0.05, 0.1) is 12.7 Å². The zero-order valence-electron chi connectivity index (χ0n) is 8.12. The van der Waals surface area contributed by atoms with Crippen molar-refractivity contribution in [2.45, 2.75) is 20.0 Å². The molecule has 0 aromatic rings. The van der Waals surface area contributed by atoms with Crippen LogP contribution in [0.5, 0.6) is 0 Å². The van der Waals surface area contributed by atoms with E-state index >= 15 is 0 Å². The van der Waals surface area contributed by atoms with Gasteiger partial charge in [0, 0.05) is 19.2 Å². The molecule has 0 saturated heterocycles. The van der Waals surface area contributed by atoms with Crippen LogP contribution in [0, 0.1) is 0 Å². The fraction of sp³-hybridized carbons (Fsp3) is 0.667. The normalized spacial score (nSPS) is 13.2. The fourth-order valence-corrected chi connectivity index (χ4v) is 0.721. The Morgan fingerprint density at radius 1 is 1.69 bits per heavy atom. The summed E-state index contributed by atoms with van der Waals surface area (Å²) in [7, 11) is 0. The van der Waals surface area contributed by atoms with E-state index < -0.39 is 0 Å². The molecule has 4 nitrogen and oxygen atoms in total. The number of aliphatic hydroxyl groups excluding tert-OH is 1. The first-order valence-electron chi connectivity index (χ1n) is 4.39. The molecule has 4 heteroatoms. The third-order valence-electron chi connectivity index (χ3n) is 1.24. The summed E-state index contributed by atoms with van der Waals surface area (Å²) in [5.74, 6) is -0.332. The molecule has 0 spiro atoms. The first-order valence-corrected chi connectivity index (χ1v) is 4.39. The Balaban J connectivity index is 3.35. The van der Waals surface area contributed by atoms with Crippen LogP contribution in [0.2, 0.25) is 0 Å². The van der Waals surface area contributed by atoms with Gasteiger partial charge in [0.25, 0.3) is 0 Å². The van der Waals surface area contributed by atoms with Crippen molar-refractivity contribution in [2.75, 3.05) is 19.7 Å². The van der Waals surface area contributed by atoms with E-state index in [9.17, 15) is 4.79 Å². The predicted molar refractivity (Wildman–Crippen MR) is 50.3 cm³/mol. The minimum absolute atomic E-state index is 0.332. The van der Waals surface area contributed by atoms with Crippen LogP contribution in [0.15, 0.2) is 12.2 Å². The van der Waals surface area contributed by atoms with Gasteiger partial charge in [0.1, 0.15) is 0 Å². The van der Waals surface area contributed by atoms with Gasteiger partial charge >= 0.3 is 5.97 Å². The van der Waals surface area contributed by atoms with Gasteiger partial charge < -0.3 is 15.2 Å². The van der Waals surface area contributed by atoms with E-state index in [4.69, 9.17) is 5.11 Å². The van der Waals surface area contributed by atoms with E-state index in [2.05, 4.69) is 10.1 Å². The van der Waals surface area contributed by atoms with Crippen molar-refractivity contribution in [1.82, 2.24) is 5.32 Å². The van der Waals surface area contributed by atoms with Crippen LogP contribution in [0.4, 0.5) is 0 Å². The highest BCUT2D eigenvalue weighted by atomic mass is 16.5. The molecule has 0 aromatic carbocycles. The van der Waals surface area contributed by atoms with Crippen LogP contribution in [-0.2, 0) is 9.53 Å². The first-order chi connectivity index (χ1) is 6.16. The SMILES string of the molecule is CCOC(=O)/C=C/CNCC(C)O. The van der Waals surface area contributed by atoms with Crippen LogP contribution in [0.1, 0.15) is 13.8 Å². The van der Waals surface area contributed by atoms with Crippen molar-refractivity contribution in [1.29, 1.82) is 0 Å². The molecule has 0 aliphatic rings. The Bertz CT molecular complexity index is 166. The van der Waals surface area contributed by atoms with Crippen molar-refractivity contribution in [3.05, 3.63) is 12.2 Å². The van der Waals surface area contributed by atoms with E-state index in [1.165, 1.54) is 6.08 Å². The molecule has 2 N–H and O–H groups in total. The van der Waals surface area contributed by atoms with E-state index in [0.717, 1.165) is 0 Å². The number of ether oxygens (including phenoxy) is 1. The third-order valence-corrected chi connectivity index (χ3v) is 1.24. The topological polar surface area (TPSA) is 58.6 Å². The van der Waals surface area contributed by atoms with E-state index in [0.29, 0.717) is 19.7 Å². The molecule has 0 aliphatic carbocycles. The van der Waals surface area contributed by atoms with Gasteiger partial charge in [0.15, 0.2) is 0 Å². The molecule has 1 unspecified atom stereocenters. The smallest absolute Gasteiger partial charge is 0.330 e. The van der Waals surface area contributed by atoms with E-state index in [1.807, 2.05) is 0 Å². The lowest BCUT2D eigenvalue weighted by Gasteiger charge is -2.02. The maximum atomic E-state index is 10.8. The summed E-state index contributed by atoms with van der Waals surface area (Å²) in [6.07, 6.45) is 2.68. The van der Waals surface area contributed by atoms with Gasteiger partial charge in [0.2, 0.25) is 0 Å². The number of hydrogen-bond acceptors (Lipinski definition) is 4. The molecule has 1 atom stereocenters. The van der Waals surface area contributed by atoms with Crippen molar-refractivity contribution in [3.8, 4) is 0 Å². The molecule has 76 valence electrons. The molecular weight excluding hydrogens is 170 g/mol. The van der Waals surface area contributed by atoms with Gasteiger partial charge in [-0.2, -0.15) is 0 Å². The summed E-state index contributed by atoms with van der Waals surface area (Å²) >= 11 is 0. The number of esters is 1. The van der Waals surface area contributed by atoms with Gasteiger partial charge in [-0.1, -0.05) is 6.08 Å². The average Bonchev–Trinajstić information content (AvgIpc) is 2.03. The standard InChI is InChI=1S/C9H17NO3/c1-3-13-9(12)5-4-6-10-7-8(2)11/h4-5,8,10-11H,3,6-7H2,1-2H3/b5-4+. The highest BCUT2D eigenvalue weighted by Gasteiger charge is 1.93. The lowest BCUT2D eigenvalue weighted by molar-refractivity contribution is -0.137. The molecule has 0 bridgehead atoms. The van der Waals surface area contributed by atoms with Crippen LogP contribution in [0.3, 0.4) is 0 Å². The number of rotatable bonds is 6. The zero-order chi connectivity index (χ0) is 10.1. The molecule has 0 saturated carbocycles. The number of hydrogen-bond donors (Lipinski definition) is 2. The Morgan fingerprint density at radius 3 is 2.92 bits per heavy atom. The van der Waals surface area contributed by atoms with Crippen LogP contribution in [0.25, 0.3) is 0 Å². The highest BCUT2D eigenvalue weighted by Crippen LogP contribution is 1.80. The van der Waals surface area contributed by atoms with Gasteiger partial charge in [-0.05, 0) is 13.8 Å². The number of carbonyl (C=O) groups excluding carboxylic acids is 1. The molecule has 0 aromatic heterocycles. The minimum Gasteiger partial charge on any atom is -0.463 e. The molecule has 0 radical (unpaired) electrons. The molecule has 0 fully saturated rings. The van der Waals surface area contributed by atoms with Crippen LogP contribution < -0.4 is 5.32 Å². The molecule has 0 heterocycles. The number of nitrogens with one attached hydrogen (secondary N) is 1. The molecule has 0 aliphatic heterocycles. The summed E-state index contributed by atoms with van der Waals surface area (Å²) in [4.78, 5) is 10.8. The zero-order valence-corrected chi connectivity index (χ0v) is 8.12. The summed E-state index contributed by atoms with van der Waals surface area (Å²) in [5.41, 5.74) is 0. The lowest BCUT2D eigenvalue weighted by atomic mass is 10.4. The second-order valence-electron chi connectivity index (χ2n) is 2.66. The van der Waals surface area contributed by atoms with Crippen LogP contribution >= 0.6 is 0 Å². The average molecular weight is 187 g/mol. The summed E-state index contributed by atoms with van der Waals surface area (Å²) in [6.45, 7) is 4.93. The first kappa shape index (κ1) is 12.1. The van der Waals surface area contributed by atoms with E-state index in [-0.39, 0.29) is 12.1 Å². The molecule has 0 amide bonds. The Labute approximate surface area is 78.6 Å². The summed E-state index contributed by atoms with van der Waals surface area (Å²) < 4.78 is 4.67. The maximum Gasteiger partial charge on any atom is 0.330 e. The van der Waals surface area contributed by atoms with Crippen molar-refractivity contribution in [3.63, 3.8) is 0 Å². The van der Waals surface area contributed by atoms with Gasteiger partial charge in [-0.15, -0.1) is 0 Å². The van der Waals surface area contributed by atoms with Crippen molar-refractivity contribution in [2.24, 2.45) is 0 Å². The Hall–Kier alpha value is -0.870. The lowest BCUT2D eigenvalue weighted by Crippen LogP contribution is -2.24. The van der Waals surface area contributed by atoms with Crippen molar-refractivity contribution >= 4 is 5.97 Å². The van der Waals surface area contributed by atoms with Gasteiger partial charge in [-0.3, -0.25) is 0 Å². The molecule has 13 heavy (non-hydrogen) atoms. The maximum absolute atomic E-state index is 10.8. The monoisotopic (exact) mass is 187 g/mol. The largest absolute Gasteiger partial charge is 0.463 e. The third kappa shape index (κ3) is 9.04. The Morgan fingerprint density at radius 2 is 2.38 bits per heavy atom. The Kier molecular flexibility index (Phi) is 7.24. The predicted octanol–water partition coefficient (Wildman–Crippen LogP) is 0.0761.